The van der Waals surface area contributed by atoms with Gasteiger partial charge in [0.15, 0.2) is 5.58 Å². The third-order valence-electron chi connectivity index (χ3n) is 11.0. The smallest absolute Gasteiger partial charge is 0.159 e. The number of fused-ring (bicyclic) bond motifs is 8. The third-order valence-corrected chi connectivity index (χ3v) is 11.0. The summed E-state index contributed by atoms with van der Waals surface area (Å²) in [4.78, 5) is 2.41. The quantitative estimate of drug-likeness (QED) is 0.172. The summed E-state index contributed by atoms with van der Waals surface area (Å²) >= 11 is 0. The first-order chi connectivity index (χ1) is 27.3. The van der Waals surface area contributed by atoms with E-state index in [0.717, 1.165) is 66.8 Å². The normalized spacial score (nSPS) is 11.6. The molecule has 0 atom stereocenters. The van der Waals surface area contributed by atoms with E-state index in [2.05, 4.69) is 216 Å². The molecule has 11 rings (SSSR count). The lowest BCUT2D eigenvalue weighted by molar-refractivity contribution is 0.669. The van der Waals surface area contributed by atoms with E-state index in [-0.39, 0.29) is 0 Å². The molecule has 0 spiro atoms. The molecule has 0 bridgehead atoms. The van der Waals surface area contributed by atoms with E-state index in [1.54, 1.807) is 0 Å². The largest absolute Gasteiger partial charge is 0.454 e. The number of nitrogens with zero attached hydrogens (tertiary/aromatic N) is 2. The number of rotatable bonds is 6. The minimum absolute atomic E-state index is 0.845. The highest BCUT2D eigenvalue weighted by Gasteiger charge is 2.26. The Hall–Kier alpha value is -7.36. The summed E-state index contributed by atoms with van der Waals surface area (Å²) in [5.74, 6) is 0. The van der Waals surface area contributed by atoms with E-state index in [1.165, 1.54) is 32.7 Å². The maximum atomic E-state index is 7.04. The Bertz CT molecular complexity index is 3180. The zero-order valence-electron chi connectivity index (χ0n) is 29.9. The molecule has 9 aromatic carbocycles. The van der Waals surface area contributed by atoms with Crippen LogP contribution in [0.5, 0.6) is 0 Å². The molecule has 0 fully saturated rings. The Morgan fingerprint density at radius 3 is 1.78 bits per heavy atom. The molecule has 0 saturated heterocycles. The van der Waals surface area contributed by atoms with Crippen LogP contribution < -0.4 is 4.90 Å². The van der Waals surface area contributed by atoms with E-state index < -0.39 is 0 Å². The molecule has 0 unspecified atom stereocenters. The highest BCUT2D eigenvalue weighted by Crippen LogP contribution is 2.49. The van der Waals surface area contributed by atoms with E-state index >= 15 is 0 Å². The van der Waals surface area contributed by atoms with Gasteiger partial charge in [0.2, 0.25) is 0 Å². The number of hydrogen-bond acceptors (Lipinski definition) is 2. The molecule has 0 N–H and O–H groups in total. The third kappa shape index (κ3) is 5.05. The molecule has 0 aliphatic rings. The maximum absolute atomic E-state index is 7.04. The van der Waals surface area contributed by atoms with Gasteiger partial charge in [-0.15, -0.1) is 0 Å². The van der Waals surface area contributed by atoms with Crippen molar-refractivity contribution in [3.63, 3.8) is 0 Å². The standard InChI is InChI=1S/C52H34N2O/c1-4-15-35(16-5-1)37-27-30-41(31-28-37)53(47-26-14-24-44-43-23-12-13-25-46(43)54(51(44)47)40-20-8-3-9-21-40)48-34-39(36-17-6-2-7-18-36)33-45-50-42-22-11-10-19-38(42)29-32-49(50)55-52(45)48/h1-34H. The lowest BCUT2D eigenvalue weighted by Crippen LogP contribution is -2.12. The average Bonchev–Trinajstić information content (AvgIpc) is 3.82. The second kappa shape index (κ2) is 12.6. The Morgan fingerprint density at radius 1 is 0.400 bits per heavy atom. The Morgan fingerprint density at radius 2 is 1.02 bits per heavy atom. The predicted molar refractivity (Wildman–Crippen MR) is 231 cm³/mol. The fraction of sp³-hybridized carbons (Fsp3) is 0. The highest BCUT2D eigenvalue weighted by atomic mass is 16.3. The van der Waals surface area contributed by atoms with E-state index in [9.17, 15) is 0 Å². The van der Waals surface area contributed by atoms with Gasteiger partial charge in [-0.3, -0.25) is 0 Å². The zero-order valence-corrected chi connectivity index (χ0v) is 29.9. The van der Waals surface area contributed by atoms with E-state index in [0.29, 0.717) is 0 Å². The van der Waals surface area contributed by atoms with Crippen LogP contribution in [-0.4, -0.2) is 4.57 Å². The zero-order chi connectivity index (χ0) is 36.3. The molecule has 55 heavy (non-hydrogen) atoms. The molecule has 3 heteroatoms. The van der Waals surface area contributed by atoms with Gasteiger partial charge in [0.1, 0.15) is 5.58 Å². The number of aromatic nitrogens is 1. The van der Waals surface area contributed by atoms with Gasteiger partial charge in [-0.25, -0.2) is 0 Å². The SMILES string of the molecule is c1ccc(-c2ccc(N(c3cc(-c4ccccc4)cc4c3oc3ccc5ccccc5c34)c3cccc4c5ccccc5n(-c5ccccc5)c34)cc2)cc1. The van der Waals surface area contributed by atoms with Crippen LogP contribution in [0.25, 0.3) is 82.5 Å². The van der Waals surface area contributed by atoms with Crippen molar-refractivity contribution in [3.8, 4) is 27.9 Å². The molecular formula is C52H34N2O. The second-order valence-electron chi connectivity index (χ2n) is 14.1. The van der Waals surface area contributed by atoms with Gasteiger partial charge >= 0.3 is 0 Å². The molecule has 0 saturated carbocycles. The van der Waals surface area contributed by atoms with Crippen LogP contribution in [0.3, 0.4) is 0 Å². The van der Waals surface area contributed by atoms with Gasteiger partial charge in [0, 0.05) is 32.9 Å². The molecule has 0 aliphatic heterocycles. The van der Waals surface area contributed by atoms with Crippen molar-refractivity contribution in [2.75, 3.05) is 4.90 Å². The fourth-order valence-electron chi connectivity index (χ4n) is 8.46. The van der Waals surface area contributed by atoms with Crippen molar-refractivity contribution in [2.45, 2.75) is 0 Å². The number of hydrogen-bond donors (Lipinski definition) is 0. The second-order valence-corrected chi connectivity index (χ2v) is 14.1. The number of benzene rings is 9. The molecule has 2 aromatic heterocycles. The van der Waals surface area contributed by atoms with Crippen LogP contribution in [0.1, 0.15) is 0 Å². The van der Waals surface area contributed by atoms with Crippen molar-refractivity contribution in [3.05, 3.63) is 206 Å². The Balaban J connectivity index is 1.28. The maximum Gasteiger partial charge on any atom is 0.159 e. The lowest BCUT2D eigenvalue weighted by atomic mass is 9.98. The van der Waals surface area contributed by atoms with Crippen molar-refractivity contribution in [1.29, 1.82) is 0 Å². The number of para-hydroxylation sites is 3. The lowest BCUT2D eigenvalue weighted by Gasteiger charge is -2.28. The first kappa shape index (κ1) is 31.2. The number of furan rings is 1. The minimum atomic E-state index is 0.845. The summed E-state index contributed by atoms with van der Waals surface area (Å²) in [6.45, 7) is 0. The average molecular weight is 703 g/mol. The molecule has 0 aliphatic carbocycles. The predicted octanol–water partition coefficient (Wildman–Crippen LogP) is 14.6. The number of anilines is 3. The minimum Gasteiger partial charge on any atom is -0.454 e. The summed E-state index contributed by atoms with van der Waals surface area (Å²) in [7, 11) is 0. The van der Waals surface area contributed by atoms with E-state index in [1.807, 2.05) is 0 Å². The van der Waals surface area contributed by atoms with Crippen molar-refractivity contribution >= 4 is 71.6 Å². The van der Waals surface area contributed by atoms with Gasteiger partial charge in [-0.1, -0.05) is 152 Å². The molecule has 2 heterocycles. The van der Waals surface area contributed by atoms with Gasteiger partial charge in [-0.2, -0.15) is 0 Å². The Kier molecular flexibility index (Phi) is 7.17. The summed E-state index contributed by atoms with van der Waals surface area (Å²) in [5.41, 5.74) is 12.8. The van der Waals surface area contributed by atoms with Crippen LogP contribution in [0, 0.1) is 0 Å². The van der Waals surface area contributed by atoms with Gasteiger partial charge in [0.25, 0.3) is 0 Å². The van der Waals surface area contributed by atoms with Crippen molar-refractivity contribution < 1.29 is 4.42 Å². The summed E-state index contributed by atoms with van der Waals surface area (Å²) in [5, 5.41) is 6.98. The van der Waals surface area contributed by atoms with Crippen LogP contribution in [-0.2, 0) is 0 Å². The summed E-state index contributed by atoms with van der Waals surface area (Å²) in [6, 6.07) is 73.8. The molecule has 0 amide bonds. The van der Waals surface area contributed by atoms with Gasteiger partial charge < -0.3 is 13.9 Å². The highest BCUT2D eigenvalue weighted by molar-refractivity contribution is 6.22. The molecular weight excluding hydrogens is 669 g/mol. The van der Waals surface area contributed by atoms with Crippen molar-refractivity contribution in [2.24, 2.45) is 0 Å². The first-order valence-electron chi connectivity index (χ1n) is 18.8. The summed E-state index contributed by atoms with van der Waals surface area (Å²) < 4.78 is 9.45. The molecule has 258 valence electrons. The fourth-order valence-corrected chi connectivity index (χ4v) is 8.46. The molecule has 11 aromatic rings. The van der Waals surface area contributed by atoms with Gasteiger partial charge in [0.05, 0.1) is 22.4 Å². The Labute approximate surface area is 318 Å². The summed E-state index contributed by atoms with van der Waals surface area (Å²) in [6.07, 6.45) is 0. The van der Waals surface area contributed by atoms with Crippen LogP contribution >= 0.6 is 0 Å². The topological polar surface area (TPSA) is 21.3 Å². The van der Waals surface area contributed by atoms with Crippen LogP contribution in [0.4, 0.5) is 17.1 Å². The first-order valence-corrected chi connectivity index (χ1v) is 18.8. The van der Waals surface area contributed by atoms with E-state index in [4.69, 9.17) is 4.42 Å². The van der Waals surface area contributed by atoms with Crippen LogP contribution in [0.2, 0.25) is 0 Å². The monoisotopic (exact) mass is 702 g/mol. The van der Waals surface area contributed by atoms with Gasteiger partial charge in [-0.05, 0) is 87.6 Å². The molecule has 3 nitrogen and oxygen atoms in total. The van der Waals surface area contributed by atoms with Crippen molar-refractivity contribution in [1.82, 2.24) is 4.57 Å². The van der Waals surface area contributed by atoms with Crippen LogP contribution in [0.15, 0.2) is 211 Å². The molecule has 0 radical (unpaired) electrons.